The summed E-state index contributed by atoms with van der Waals surface area (Å²) in [7, 11) is 0. The normalized spacial score (nSPS) is 16.2. The number of anilines is 1. The summed E-state index contributed by atoms with van der Waals surface area (Å²) in [5.74, 6) is 0. The number of nitrogens with zero attached hydrogens (tertiary/aromatic N) is 1. The predicted molar refractivity (Wildman–Crippen MR) is 89.8 cm³/mol. The van der Waals surface area contributed by atoms with Crippen LogP contribution in [0, 0.1) is 13.8 Å². The van der Waals surface area contributed by atoms with E-state index in [-0.39, 0.29) is 0 Å². The molecule has 1 aliphatic heterocycles. The Morgan fingerprint density at radius 2 is 1.90 bits per heavy atom. The van der Waals surface area contributed by atoms with E-state index in [0.717, 1.165) is 19.6 Å². The molecule has 21 heavy (non-hydrogen) atoms. The third kappa shape index (κ3) is 2.81. The van der Waals surface area contributed by atoms with Crippen LogP contribution in [0.15, 0.2) is 42.5 Å². The van der Waals surface area contributed by atoms with Crippen LogP contribution >= 0.6 is 0 Å². The zero-order chi connectivity index (χ0) is 14.8. The van der Waals surface area contributed by atoms with Crippen LogP contribution in [0.1, 0.15) is 35.2 Å². The minimum Gasteiger partial charge on any atom is -0.363 e. The standard InChI is InChI=1S/C19H24N2/c1-14-8-9-15(2)18(12-14)16(3)21-11-10-20-13-17-6-4-5-7-19(17)21/h4-9,12,16,20H,10-11,13H2,1-3H3. The molecule has 1 N–H and O–H groups in total. The van der Waals surface area contributed by atoms with Crippen LogP contribution in [0.3, 0.4) is 0 Å². The first-order valence-electron chi connectivity index (χ1n) is 7.79. The van der Waals surface area contributed by atoms with Gasteiger partial charge >= 0.3 is 0 Å². The molecule has 0 saturated carbocycles. The molecule has 0 aromatic heterocycles. The fourth-order valence-corrected chi connectivity index (χ4v) is 3.26. The second kappa shape index (κ2) is 5.90. The van der Waals surface area contributed by atoms with Crippen molar-refractivity contribution in [3.8, 4) is 0 Å². The fourth-order valence-electron chi connectivity index (χ4n) is 3.26. The lowest BCUT2D eigenvalue weighted by Gasteiger charge is -2.32. The van der Waals surface area contributed by atoms with Crippen LogP contribution in [0.5, 0.6) is 0 Å². The third-order valence-electron chi connectivity index (χ3n) is 4.50. The third-order valence-corrected chi connectivity index (χ3v) is 4.50. The number of hydrogen-bond donors (Lipinski definition) is 1. The highest BCUT2D eigenvalue weighted by molar-refractivity contribution is 5.56. The summed E-state index contributed by atoms with van der Waals surface area (Å²) in [5, 5.41) is 3.52. The first-order chi connectivity index (χ1) is 10.2. The molecule has 110 valence electrons. The highest BCUT2D eigenvalue weighted by Crippen LogP contribution is 2.32. The van der Waals surface area contributed by atoms with Crippen LogP contribution < -0.4 is 10.2 Å². The number of rotatable bonds is 2. The Balaban J connectivity index is 2.01. The predicted octanol–water partition coefficient (Wildman–Crippen LogP) is 3.97. The molecule has 0 amide bonds. The summed E-state index contributed by atoms with van der Waals surface area (Å²) in [6.07, 6.45) is 0. The molecule has 0 aliphatic carbocycles. The number of fused-ring (bicyclic) bond motifs is 1. The van der Waals surface area contributed by atoms with Crippen molar-refractivity contribution < 1.29 is 0 Å². The van der Waals surface area contributed by atoms with Gasteiger partial charge in [0.25, 0.3) is 0 Å². The van der Waals surface area contributed by atoms with Crippen LogP contribution in [0.2, 0.25) is 0 Å². The van der Waals surface area contributed by atoms with Gasteiger partial charge in [-0.05, 0) is 43.5 Å². The van der Waals surface area contributed by atoms with Crippen LogP contribution in [-0.4, -0.2) is 13.1 Å². The van der Waals surface area contributed by atoms with E-state index < -0.39 is 0 Å². The first-order valence-corrected chi connectivity index (χ1v) is 7.79. The maximum Gasteiger partial charge on any atom is 0.0517 e. The van der Waals surface area contributed by atoms with E-state index in [1.807, 2.05) is 0 Å². The highest BCUT2D eigenvalue weighted by atomic mass is 15.2. The van der Waals surface area contributed by atoms with Crippen LogP contribution in [-0.2, 0) is 6.54 Å². The Labute approximate surface area is 127 Å². The van der Waals surface area contributed by atoms with Gasteiger partial charge < -0.3 is 10.2 Å². The highest BCUT2D eigenvalue weighted by Gasteiger charge is 2.21. The largest absolute Gasteiger partial charge is 0.363 e. The number of nitrogens with one attached hydrogen (secondary N) is 1. The topological polar surface area (TPSA) is 15.3 Å². The summed E-state index contributed by atoms with van der Waals surface area (Å²) >= 11 is 0. The molecular formula is C19H24N2. The molecule has 1 aliphatic rings. The fraction of sp³-hybridized carbons (Fsp3) is 0.368. The van der Waals surface area contributed by atoms with Crippen molar-refractivity contribution in [3.05, 3.63) is 64.7 Å². The zero-order valence-electron chi connectivity index (χ0n) is 13.2. The molecule has 1 unspecified atom stereocenters. The minimum atomic E-state index is 0.394. The first kappa shape index (κ1) is 14.2. The monoisotopic (exact) mass is 280 g/mol. The van der Waals surface area contributed by atoms with Crippen molar-refractivity contribution in [2.24, 2.45) is 0 Å². The van der Waals surface area contributed by atoms with Crippen LogP contribution in [0.25, 0.3) is 0 Å². The van der Waals surface area contributed by atoms with Gasteiger partial charge in [0, 0.05) is 25.3 Å². The maximum absolute atomic E-state index is 3.52. The van der Waals surface area contributed by atoms with Crippen molar-refractivity contribution in [1.29, 1.82) is 0 Å². The van der Waals surface area contributed by atoms with Gasteiger partial charge in [-0.15, -0.1) is 0 Å². The average molecular weight is 280 g/mol. The molecular weight excluding hydrogens is 256 g/mol. The maximum atomic E-state index is 3.52. The molecule has 0 fully saturated rings. The second-order valence-corrected chi connectivity index (χ2v) is 6.03. The number of benzene rings is 2. The van der Waals surface area contributed by atoms with E-state index in [2.05, 4.69) is 73.5 Å². The van der Waals surface area contributed by atoms with Gasteiger partial charge in [-0.1, -0.05) is 42.0 Å². The Hall–Kier alpha value is -1.80. The van der Waals surface area contributed by atoms with E-state index >= 15 is 0 Å². The van der Waals surface area contributed by atoms with Crippen molar-refractivity contribution in [2.45, 2.75) is 33.4 Å². The summed E-state index contributed by atoms with van der Waals surface area (Å²) in [6.45, 7) is 9.76. The van der Waals surface area contributed by atoms with E-state index in [1.165, 1.54) is 27.9 Å². The zero-order valence-corrected chi connectivity index (χ0v) is 13.2. The van der Waals surface area contributed by atoms with Crippen molar-refractivity contribution >= 4 is 5.69 Å². The molecule has 2 aromatic carbocycles. The summed E-state index contributed by atoms with van der Waals surface area (Å²) in [6, 6.07) is 15.9. The van der Waals surface area contributed by atoms with Gasteiger partial charge in [0.1, 0.15) is 0 Å². The average Bonchev–Trinajstić information content (AvgIpc) is 2.71. The number of aryl methyl sites for hydroxylation is 2. The lowest BCUT2D eigenvalue weighted by molar-refractivity contribution is 0.636. The van der Waals surface area contributed by atoms with Gasteiger partial charge in [-0.2, -0.15) is 0 Å². The van der Waals surface area contributed by atoms with Gasteiger partial charge in [0.05, 0.1) is 6.04 Å². The summed E-state index contributed by atoms with van der Waals surface area (Å²) < 4.78 is 0. The smallest absolute Gasteiger partial charge is 0.0517 e. The Morgan fingerprint density at radius 1 is 1.10 bits per heavy atom. The van der Waals surface area contributed by atoms with E-state index in [4.69, 9.17) is 0 Å². The van der Waals surface area contributed by atoms with Crippen molar-refractivity contribution in [3.63, 3.8) is 0 Å². The molecule has 2 aromatic rings. The van der Waals surface area contributed by atoms with E-state index in [9.17, 15) is 0 Å². The molecule has 0 spiro atoms. The quantitative estimate of drug-likeness (QED) is 0.895. The van der Waals surface area contributed by atoms with Gasteiger partial charge in [-0.3, -0.25) is 0 Å². The van der Waals surface area contributed by atoms with Crippen molar-refractivity contribution in [1.82, 2.24) is 5.32 Å². The Kier molecular flexibility index (Phi) is 3.98. The lowest BCUT2D eigenvalue weighted by atomic mass is 9.98. The van der Waals surface area contributed by atoms with E-state index in [1.54, 1.807) is 0 Å². The molecule has 2 heteroatoms. The Bertz CT molecular complexity index is 633. The molecule has 2 nitrogen and oxygen atoms in total. The molecule has 0 radical (unpaired) electrons. The molecule has 0 saturated heterocycles. The van der Waals surface area contributed by atoms with Gasteiger partial charge in [-0.25, -0.2) is 0 Å². The lowest BCUT2D eigenvalue weighted by Crippen LogP contribution is -2.31. The summed E-state index contributed by atoms with van der Waals surface area (Å²) in [4.78, 5) is 2.54. The van der Waals surface area contributed by atoms with Crippen LogP contribution in [0.4, 0.5) is 5.69 Å². The van der Waals surface area contributed by atoms with Gasteiger partial charge in [0.15, 0.2) is 0 Å². The second-order valence-electron chi connectivity index (χ2n) is 6.03. The SMILES string of the molecule is Cc1ccc(C)c(C(C)N2CCNCc3ccccc32)c1. The number of hydrogen-bond acceptors (Lipinski definition) is 2. The van der Waals surface area contributed by atoms with Gasteiger partial charge in [0.2, 0.25) is 0 Å². The minimum absolute atomic E-state index is 0.394. The molecule has 0 bridgehead atoms. The molecule has 3 rings (SSSR count). The Morgan fingerprint density at radius 3 is 2.76 bits per heavy atom. The van der Waals surface area contributed by atoms with E-state index in [0.29, 0.717) is 6.04 Å². The number of para-hydroxylation sites is 1. The summed E-state index contributed by atoms with van der Waals surface area (Å²) in [5.41, 5.74) is 6.92. The van der Waals surface area contributed by atoms with Crippen molar-refractivity contribution in [2.75, 3.05) is 18.0 Å². The molecule has 1 atom stereocenters. The molecule has 1 heterocycles.